The van der Waals surface area contributed by atoms with Gasteiger partial charge in [-0.1, -0.05) is 18.2 Å². The first kappa shape index (κ1) is 10.2. The summed E-state index contributed by atoms with van der Waals surface area (Å²) in [5.74, 6) is 0. The molecule has 3 heteroatoms. The average Bonchev–Trinajstić information content (AvgIpc) is 2.09. The SMILES string of the molecule is OCc1ccc(I)c(CC[SiH3])c1. The number of hydrogen-bond donors (Lipinski definition) is 1. The lowest BCUT2D eigenvalue weighted by Crippen LogP contribution is -1.92. The molecule has 0 radical (unpaired) electrons. The maximum absolute atomic E-state index is 8.93. The Balaban J connectivity index is 2.91. The predicted octanol–water partition coefficient (Wildman–Crippen LogP) is 1.11. The van der Waals surface area contributed by atoms with Crippen molar-refractivity contribution in [2.75, 3.05) is 0 Å². The molecule has 0 heterocycles. The fourth-order valence-electron chi connectivity index (χ4n) is 1.19. The van der Waals surface area contributed by atoms with Gasteiger partial charge in [-0.3, -0.25) is 0 Å². The van der Waals surface area contributed by atoms with Crippen LogP contribution in [0.25, 0.3) is 0 Å². The van der Waals surface area contributed by atoms with Crippen LogP contribution in [-0.4, -0.2) is 15.3 Å². The quantitative estimate of drug-likeness (QED) is 0.653. The third-order valence-corrected chi connectivity index (χ3v) is 3.36. The highest BCUT2D eigenvalue weighted by molar-refractivity contribution is 14.1. The van der Waals surface area contributed by atoms with Crippen LogP contribution in [0.15, 0.2) is 18.2 Å². The van der Waals surface area contributed by atoms with Crippen LogP contribution >= 0.6 is 22.6 Å². The van der Waals surface area contributed by atoms with Gasteiger partial charge in [0, 0.05) is 13.8 Å². The molecular formula is C9H13IOSi. The summed E-state index contributed by atoms with van der Waals surface area (Å²) in [5, 5.41) is 8.93. The van der Waals surface area contributed by atoms with Crippen LogP contribution in [0, 0.1) is 3.57 Å². The summed E-state index contributed by atoms with van der Waals surface area (Å²) in [4.78, 5) is 0. The van der Waals surface area contributed by atoms with Crippen LogP contribution in [0.2, 0.25) is 6.04 Å². The second-order valence-electron chi connectivity index (χ2n) is 2.83. The molecule has 1 aromatic rings. The van der Waals surface area contributed by atoms with Gasteiger partial charge < -0.3 is 5.11 Å². The van der Waals surface area contributed by atoms with Crippen LogP contribution in [0.5, 0.6) is 0 Å². The molecule has 0 saturated carbocycles. The number of aliphatic hydroxyl groups excluding tert-OH is 1. The number of halogens is 1. The van der Waals surface area contributed by atoms with E-state index in [4.69, 9.17) is 5.11 Å². The summed E-state index contributed by atoms with van der Waals surface area (Å²) >= 11 is 2.35. The zero-order valence-corrected chi connectivity index (χ0v) is 11.3. The first-order chi connectivity index (χ1) is 5.77. The van der Waals surface area contributed by atoms with Gasteiger partial charge in [0.25, 0.3) is 0 Å². The Labute approximate surface area is 89.8 Å². The molecule has 1 nitrogen and oxygen atoms in total. The largest absolute Gasteiger partial charge is 0.392 e. The Bertz CT molecular complexity index is 263. The summed E-state index contributed by atoms with van der Waals surface area (Å²) in [6, 6.07) is 7.47. The van der Waals surface area contributed by atoms with Crippen LogP contribution in [0.3, 0.4) is 0 Å². The van der Waals surface area contributed by atoms with Crippen LogP contribution in [0.1, 0.15) is 11.1 Å². The molecule has 0 aliphatic rings. The van der Waals surface area contributed by atoms with Crippen molar-refractivity contribution in [1.82, 2.24) is 0 Å². The molecule has 1 aromatic carbocycles. The first-order valence-corrected chi connectivity index (χ1v) is 6.65. The molecule has 0 amide bonds. The summed E-state index contributed by atoms with van der Waals surface area (Å²) in [6.07, 6.45) is 1.17. The molecule has 0 fully saturated rings. The van der Waals surface area contributed by atoms with Gasteiger partial charge in [0.15, 0.2) is 0 Å². The summed E-state index contributed by atoms with van der Waals surface area (Å²) in [6.45, 7) is 0.158. The van der Waals surface area contributed by atoms with Crippen molar-refractivity contribution in [2.24, 2.45) is 0 Å². The lowest BCUT2D eigenvalue weighted by Gasteiger charge is -2.04. The lowest BCUT2D eigenvalue weighted by atomic mass is 10.1. The van der Waals surface area contributed by atoms with Gasteiger partial charge in [0.2, 0.25) is 0 Å². The summed E-state index contributed by atoms with van der Waals surface area (Å²) in [7, 11) is 1.26. The Morgan fingerprint density at radius 1 is 1.42 bits per heavy atom. The van der Waals surface area contributed by atoms with E-state index in [-0.39, 0.29) is 6.61 Å². The fraction of sp³-hybridized carbons (Fsp3) is 0.333. The Morgan fingerprint density at radius 3 is 2.75 bits per heavy atom. The fourth-order valence-corrected chi connectivity index (χ4v) is 2.33. The van der Waals surface area contributed by atoms with E-state index in [9.17, 15) is 0 Å². The number of rotatable bonds is 3. The standard InChI is InChI=1S/C9H13IOSi/c10-9-2-1-7(6-11)5-8(9)3-4-12/h1-2,5,11H,3-4,6H2,12H3. The maximum Gasteiger partial charge on any atom is 0.0681 e. The van der Waals surface area contributed by atoms with Crippen molar-refractivity contribution in [3.05, 3.63) is 32.9 Å². The van der Waals surface area contributed by atoms with Crippen molar-refractivity contribution in [3.8, 4) is 0 Å². The van der Waals surface area contributed by atoms with Crippen molar-refractivity contribution < 1.29 is 5.11 Å². The van der Waals surface area contributed by atoms with E-state index in [1.807, 2.05) is 6.07 Å². The van der Waals surface area contributed by atoms with Gasteiger partial charge in [0.1, 0.15) is 0 Å². The molecule has 1 rings (SSSR count). The highest BCUT2D eigenvalue weighted by Crippen LogP contribution is 2.15. The van der Waals surface area contributed by atoms with E-state index < -0.39 is 0 Å². The minimum Gasteiger partial charge on any atom is -0.392 e. The smallest absolute Gasteiger partial charge is 0.0681 e. The van der Waals surface area contributed by atoms with Crippen LogP contribution in [-0.2, 0) is 13.0 Å². The van der Waals surface area contributed by atoms with Crippen molar-refractivity contribution in [1.29, 1.82) is 0 Å². The van der Waals surface area contributed by atoms with E-state index in [1.54, 1.807) is 0 Å². The van der Waals surface area contributed by atoms with E-state index in [2.05, 4.69) is 34.7 Å². The van der Waals surface area contributed by atoms with E-state index >= 15 is 0 Å². The molecule has 66 valence electrons. The third-order valence-electron chi connectivity index (χ3n) is 1.81. The van der Waals surface area contributed by atoms with Crippen molar-refractivity contribution >= 4 is 32.8 Å². The average molecular weight is 292 g/mol. The monoisotopic (exact) mass is 292 g/mol. The van der Waals surface area contributed by atoms with Crippen LogP contribution in [0.4, 0.5) is 0 Å². The van der Waals surface area contributed by atoms with Gasteiger partial charge in [0.05, 0.1) is 6.61 Å². The van der Waals surface area contributed by atoms with Crippen molar-refractivity contribution in [3.63, 3.8) is 0 Å². The van der Waals surface area contributed by atoms with Gasteiger partial charge in [-0.05, 0) is 46.2 Å². The van der Waals surface area contributed by atoms with Gasteiger partial charge in [-0.15, -0.1) is 0 Å². The van der Waals surface area contributed by atoms with Gasteiger partial charge in [-0.2, -0.15) is 0 Å². The van der Waals surface area contributed by atoms with E-state index in [1.165, 1.54) is 31.8 Å². The minimum atomic E-state index is 0.158. The molecule has 0 saturated heterocycles. The molecule has 0 unspecified atom stereocenters. The van der Waals surface area contributed by atoms with E-state index in [0.29, 0.717) is 0 Å². The Hall–Kier alpha value is 0.127. The molecule has 12 heavy (non-hydrogen) atoms. The molecule has 0 bridgehead atoms. The molecular weight excluding hydrogens is 279 g/mol. The summed E-state index contributed by atoms with van der Waals surface area (Å²) < 4.78 is 1.32. The molecule has 0 aliphatic heterocycles. The zero-order valence-electron chi connectivity index (χ0n) is 7.18. The molecule has 0 spiro atoms. The van der Waals surface area contributed by atoms with Gasteiger partial charge >= 0.3 is 0 Å². The predicted molar refractivity (Wildman–Crippen MR) is 63.5 cm³/mol. The second kappa shape index (κ2) is 4.99. The van der Waals surface area contributed by atoms with Crippen molar-refractivity contribution in [2.45, 2.75) is 19.1 Å². The third kappa shape index (κ3) is 2.57. The Morgan fingerprint density at radius 2 is 2.17 bits per heavy atom. The van der Waals surface area contributed by atoms with Crippen LogP contribution < -0.4 is 0 Å². The number of hydrogen-bond acceptors (Lipinski definition) is 1. The highest BCUT2D eigenvalue weighted by Gasteiger charge is 1.99. The molecule has 0 atom stereocenters. The Kier molecular flexibility index (Phi) is 4.24. The number of aryl methyl sites for hydroxylation is 1. The highest BCUT2D eigenvalue weighted by atomic mass is 127. The second-order valence-corrected chi connectivity index (χ2v) is 5.00. The summed E-state index contributed by atoms with van der Waals surface area (Å²) in [5.41, 5.74) is 2.41. The maximum atomic E-state index is 8.93. The molecule has 0 aliphatic carbocycles. The van der Waals surface area contributed by atoms with E-state index in [0.717, 1.165) is 5.56 Å². The first-order valence-electron chi connectivity index (χ1n) is 4.16. The lowest BCUT2D eigenvalue weighted by molar-refractivity contribution is 0.281. The minimum absolute atomic E-state index is 0.158. The zero-order chi connectivity index (χ0) is 8.97. The number of benzene rings is 1. The number of aliphatic hydroxyl groups is 1. The molecule has 1 N–H and O–H groups in total. The van der Waals surface area contributed by atoms with Gasteiger partial charge in [-0.25, -0.2) is 0 Å². The topological polar surface area (TPSA) is 20.2 Å². The normalized spacial score (nSPS) is 10.5. The molecule has 0 aromatic heterocycles.